The molecule has 0 fully saturated rings. The molecule has 0 saturated heterocycles. The maximum absolute atomic E-state index is 11.9. The van der Waals surface area contributed by atoms with Crippen molar-refractivity contribution in [2.75, 3.05) is 18.5 Å². The molecule has 0 spiro atoms. The second-order valence-electron chi connectivity index (χ2n) is 4.89. The van der Waals surface area contributed by atoms with E-state index < -0.39 is 10.8 Å². The van der Waals surface area contributed by atoms with Crippen molar-refractivity contribution in [3.8, 4) is 11.5 Å². The summed E-state index contributed by atoms with van der Waals surface area (Å²) in [5.74, 6) is 0.201. The molecular weight excluding hydrogens is 328 g/mol. The third-order valence-corrected chi connectivity index (χ3v) is 3.14. The van der Waals surface area contributed by atoms with Crippen molar-refractivity contribution in [2.24, 2.45) is 0 Å². The molecule has 1 amide bonds. The summed E-state index contributed by atoms with van der Waals surface area (Å²) in [4.78, 5) is 33.1. The number of anilines is 1. The highest BCUT2D eigenvalue weighted by molar-refractivity contribution is 5.94. The van der Waals surface area contributed by atoms with Gasteiger partial charge in [-0.05, 0) is 43.3 Å². The fraction of sp³-hybridized carbons (Fsp3) is 0.176. The summed E-state index contributed by atoms with van der Waals surface area (Å²) in [7, 11) is 0. The first kappa shape index (κ1) is 17.9. The fourth-order valence-electron chi connectivity index (χ4n) is 2.00. The van der Waals surface area contributed by atoms with Crippen molar-refractivity contribution in [1.82, 2.24) is 0 Å². The first-order valence-corrected chi connectivity index (χ1v) is 7.42. The number of rotatable bonds is 8. The molecule has 0 aliphatic carbocycles. The minimum atomic E-state index is -0.600. The first-order valence-electron chi connectivity index (χ1n) is 7.42. The van der Waals surface area contributed by atoms with E-state index in [4.69, 9.17) is 9.47 Å². The van der Waals surface area contributed by atoms with Crippen molar-refractivity contribution in [3.63, 3.8) is 0 Å². The number of aldehydes is 1. The molecule has 8 nitrogen and oxygen atoms in total. The van der Waals surface area contributed by atoms with Gasteiger partial charge in [0.25, 0.3) is 11.6 Å². The monoisotopic (exact) mass is 344 g/mol. The zero-order chi connectivity index (χ0) is 18.2. The summed E-state index contributed by atoms with van der Waals surface area (Å²) in [5.41, 5.74) is 0.273. The predicted molar refractivity (Wildman–Crippen MR) is 90.2 cm³/mol. The zero-order valence-electron chi connectivity index (χ0n) is 13.4. The molecule has 0 heterocycles. The Balaban J connectivity index is 2.01. The summed E-state index contributed by atoms with van der Waals surface area (Å²) in [6, 6.07) is 10.4. The standard InChI is InChI=1S/C17H16N2O6/c1-2-24-14-7-8-15(16(9-14)19(22)23)18-17(21)11-25-13-5-3-12(10-20)4-6-13/h3-10H,2,11H2,1H3,(H,18,21). The van der Waals surface area contributed by atoms with E-state index in [1.165, 1.54) is 18.2 Å². The van der Waals surface area contributed by atoms with Gasteiger partial charge in [0.05, 0.1) is 17.6 Å². The number of ether oxygens (including phenoxy) is 2. The Labute approximate surface area is 143 Å². The molecule has 0 aliphatic heterocycles. The lowest BCUT2D eigenvalue weighted by Crippen LogP contribution is -2.20. The first-order chi connectivity index (χ1) is 12.0. The SMILES string of the molecule is CCOc1ccc(NC(=O)COc2ccc(C=O)cc2)c([N+](=O)[O-])c1. The highest BCUT2D eigenvalue weighted by Crippen LogP contribution is 2.29. The largest absolute Gasteiger partial charge is 0.494 e. The lowest BCUT2D eigenvalue weighted by Gasteiger charge is -2.09. The Morgan fingerprint density at radius 3 is 2.44 bits per heavy atom. The van der Waals surface area contributed by atoms with Crippen molar-refractivity contribution < 1.29 is 24.0 Å². The zero-order valence-corrected chi connectivity index (χ0v) is 13.4. The molecule has 25 heavy (non-hydrogen) atoms. The number of nitro groups is 1. The van der Waals surface area contributed by atoms with Crippen molar-refractivity contribution in [1.29, 1.82) is 0 Å². The van der Waals surface area contributed by atoms with Gasteiger partial charge in [0, 0.05) is 5.56 Å². The second-order valence-corrected chi connectivity index (χ2v) is 4.89. The summed E-state index contributed by atoms with van der Waals surface area (Å²) in [5, 5.41) is 13.6. The van der Waals surface area contributed by atoms with Crippen LogP contribution < -0.4 is 14.8 Å². The molecule has 0 bridgehead atoms. The molecule has 1 N–H and O–H groups in total. The van der Waals surface area contributed by atoms with E-state index in [-0.39, 0.29) is 18.0 Å². The van der Waals surface area contributed by atoms with Gasteiger partial charge in [0.15, 0.2) is 6.61 Å². The van der Waals surface area contributed by atoms with E-state index in [0.29, 0.717) is 30.0 Å². The van der Waals surface area contributed by atoms with Gasteiger partial charge in [-0.15, -0.1) is 0 Å². The van der Waals surface area contributed by atoms with Crippen molar-refractivity contribution in [2.45, 2.75) is 6.92 Å². The molecule has 0 aromatic heterocycles. The minimum Gasteiger partial charge on any atom is -0.494 e. The molecule has 2 aromatic rings. The molecule has 130 valence electrons. The quantitative estimate of drug-likeness (QED) is 0.448. The van der Waals surface area contributed by atoms with E-state index in [1.54, 1.807) is 31.2 Å². The van der Waals surface area contributed by atoms with Crippen LogP contribution in [0.5, 0.6) is 11.5 Å². The number of benzene rings is 2. The Hall–Kier alpha value is -3.42. The van der Waals surface area contributed by atoms with Crippen LogP contribution in [0.1, 0.15) is 17.3 Å². The van der Waals surface area contributed by atoms with Crippen LogP contribution in [-0.2, 0) is 4.79 Å². The van der Waals surface area contributed by atoms with E-state index in [2.05, 4.69) is 5.32 Å². The summed E-state index contributed by atoms with van der Waals surface area (Å²) in [6.45, 7) is 1.81. The van der Waals surface area contributed by atoms with Gasteiger partial charge in [-0.2, -0.15) is 0 Å². The number of hydrogen-bond donors (Lipinski definition) is 1. The molecule has 0 atom stereocenters. The average molecular weight is 344 g/mol. The molecule has 2 rings (SSSR count). The fourth-order valence-corrected chi connectivity index (χ4v) is 2.00. The van der Waals surface area contributed by atoms with Crippen molar-refractivity contribution >= 4 is 23.6 Å². The molecule has 0 saturated carbocycles. The summed E-state index contributed by atoms with van der Waals surface area (Å²) < 4.78 is 10.5. The second kappa shape index (κ2) is 8.44. The number of hydrogen-bond acceptors (Lipinski definition) is 6. The Morgan fingerprint density at radius 2 is 1.84 bits per heavy atom. The Bertz CT molecular complexity index is 773. The van der Waals surface area contributed by atoms with Crippen LogP contribution in [0.4, 0.5) is 11.4 Å². The van der Waals surface area contributed by atoms with Crippen LogP contribution in [0.2, 0.25) is 0 Å². The van der Waals surface area contributed by atoms with Gasteiger partial charge in [-0.3, -0.25) is 19.7 Å². The van der Waals surface area contributed by atoms with Crippen LogP contribution in [0.15, 0.2) is 42.5 Å². The normalized spacial score (nSPS) is 9.96. The van der Waals surface area contributed by atoms with E-state index in [0.717, 1.165) is 0 Å². The van der Waals surface area contributed by atoms with Crippen molar-refractivity contribution in [3.05, 3.63) is 58.1 Å². The number of nitro benzene ring substituents is 1. The molecule has 0 radical (unpaired) electrons. The van der Waals surface area contributed by atoms with Gasteiger partial charge in [0.1, 0.15) is 23.5 Å². The Kier molecular flexibility index (Phi) is 6.05. The van der Waals surface area contributed by atoms with Gasteiger partial charge in [0.2, 0.25) is 0 Å². The number of nitrogens with zero attached hydrogens (tertiary/aromatic N) is 1. The molecule has 0 aliphatic rings. The van der Waals surface area contributed by atoms with Crippen LogP contribution in [0, 0.1) is 10.1 Å². The van der Waals surface area contributed by atoms with Gasteiger partial charge < -0.3 is 14.8 Å². The third-order valence-electron chi connectivity index (χ3n) is 3.14. The predicted octanol–water partition coefficient (Wildman–Crippen LogP) is 2.82. The lowest BCUT2D eigenvalue weighted by molar-refractivity contribution is -0.384. The number of carbonyl (C=O) groups excluding carboxylic acids is 2. The van der Waals surface area contributed by atoms with Crippen LogP contribution >= 0.6 is 0 Å². The van der Waals surface area contributed by atoms with Crippen LogP contribution in [-0.4, -0.2) is 30.3 Å². The molecular formula is C17H16N2O6. The molecule has 2 aromatic carbocycles. The highest BCUT2D eigenvalue weighted by Gasteiger charge is 2.17. The van der Waals surface area contributed by atoms with Gasteiger partial charge in [-0.1, -0.05) is 0 Å². The maximum atomic E-state index is 11.9. The van der Waals surface area contributed by atoms with Crippen LogP contribution in [0.25, 0.3) is 0 Å². The smallest absolute Gasteiger partial charge is 0.296 e. The summed E-state index contributed by atoms with van der Waals surface area (Å²) >= 11 is 0. The van der Waals surface area contributed by atoms with Crippen LogP contribution in [0.3, 0.4) is 0 Å². The maximum Gasteiger partial charge on any atom is 0.296 e. The number of amides is 1. The molecule has 0 unspecified atom stereocenters. The van der Waals surface area contributed by atoms with Gasteiger partial charge in [-0.25, -0.2) is 0 Å². The minimum absolute atomic E-state index is 0.0540. The average Bonchev–Trinajstić information content (AvgIpc) is 2.61. The molecule has 8 heteroatoms. The highest BCUT2D eigenvalue weighted by atomic mass is 16.6. The van der Waals surface area contributed by atoms with Gasteiger partial charge >= 0.3 is 0 Å². The van der Waals surface area contributed by atoms with E-state index in [9.17, 15) is 19.7 Å². The Morgan fingerprint density at radius 1 is 1.16 bits per heavy atom. The summed E-state index contributed by atoms with van der Waals surface area (Å²) in [6.07, 6.45) is 0.696. The number of carbonyl (C=O) groups is 2. The number of nitrogens with one attached hydrogen (secondary N) is 1. The van der Waals surface area contributed by atoms with E-state index >= 15 is 0 Å². The van der Waals surface area contributed by atoms with E-state index in [1.807, 2.05) is 0 Å². The lowest BCUT2D eigenvalue weighted by atomic mass is 10.2. The third kappa shape index (κ3) is 5.03. The topological polar surface area (TPSA) is 108 Å².